The standard InChI is InChI=1S/C32H41F2IN2O2/c1-22-5-7-24(8-6-22)17-32(34,35)18-25-11-13-36(14-12-25)19-27-20-37(30(31(38)39)15-23-9-10-23)21-29(27)26-3-2-4-28(33)16-26/h2-8,16,23,25,27,29-30H,9-15,17-21H2,1H3,(H,38,39)/t27-,29+,30+,32?/m0/s1. The molecule has 4 nitrogen and oxygen atoms in total. The van der Waals surface area contributed by atoms with Crippen LogP contribution in [0.5, 0.6) is 0 Å². The van der Waals surface area contributed by atoms with Gasteiger partial charge >= 0.3 is 5.97 Å². The van der Waals surface area contributed by atoms with Crippen LogP contribution in [0.15, 0.2) is 48.5 Å². The molecule has 2 aromatic carbocycles. The highest BCUT2D eigenvalue weighted by Crippen LogP contribution is 2.41. The fourth-order valence-corrected chi connectivity index (χ4v) is 7.80. The van der Waals surface area contributed by atoms with E-state index in [-0.39, 0.29) is 17.7 Å². The fraction of sp³-hybridized carbons (Fsp3) is 0.594. The number of aliphatic carboxylic acids is 1. The van der Waals surface area contributed by atoms with Crippen LogP contribution in [0.3, 0.4) is 0 Å². The summed E-state index contributed by atoms with van der Waals surface area (Å²) in [5.74, 6) is 0.279. The van der Waals surface area contributed by atoms with Crippen LogP contribution in [0, 0.1) is 30.5 Å². The molecular weight excluding hydrogens is 609 g/mol. The van der Waals surface area contributed by atoms with Gasteiger partial charge < -0.3 is 10.0 Å². The van der Waals surface area contributed by atoms with Crippen LogP contribution in [0.1, 0.15) is 61.1 Å². The molecule has 3 aliphatic rings. The van der Waals surface area contributed by atoms with E-state index in [2.05, 4.69) is 9.80 Å². The van der Waals surface area contributed by atoms with Gasteiger partial charge in [-0.25, -0.2) is 8.78 Å². The monoisotopic (exact) mass is 650 g/mol. The molecule has 2 heterocycles. The molecule has 4 atom stereocenters. The quantitative estimate of drug-likeness (QED) is 0.214. The van der Waals surface area contributed by atoms with Crippen molar-refractivity contribution in [2.45, 2.75) is 67.5 Å². The van der Waals surface area contributed by atoms with Crippen molar-refractivity contribution >= 4 is 28.6 Å². The van der Waals surface area contributed by atoms with Crippen LogP contribution in [-0.4, -0.2) is 63.3 Å². The van der Waals surface area contributed by atoms with Crippen molar-refractivity contribution in [2.75, 3.05) is 32.7 Å². The van der Waals surface area contributed by atoms with E-state index in [9.17, 15) is 14.3 Å². The molecule has 0 aromatic heterocycles. The molecule has 3 fully saturated rings. The summed E-state index contributed by atoms with van der Waals surface area (Å²) in [5, 5.41) is 10.0. The lowest BCUT2D eigenvalue weighted by Gasteiger charge is -2.36. The molecule has 212 valence electrons. The molecule has 1 aliphatic carbocycles. The number of nitrogens with zero attached hydrogens (tertiary/aromatic N) is 2. The SMILES string of the molecule is Cc1ccc(CC(F)(I)CC2CCN(C[C@H]3CN([C@H](CC4CC4)C(=O)O)C[C@@H]3c3cccc(F)c3)CC2)cc1. The first-order valence-corrected chi connectivity index (χ1v) is 15.6. The van der Waals surface area contributed by atoms with Gasteiger partial charge in [-0.2, -0.15) is 0 Å². The smallest absolute Gasteiger partial charge is 0.320 e. The number of piperidine rings is 1. The van der Waals surface area contributed by atoms with E-state index in [0.29, 0.717) is 37.6 Å². The number of hydrogen-bond acceptors (Lipinski definition) is 3. The Morgan fingerprint density at radius 3 is 2.44 bits per heavy atom. The summed E-state index contributed by atoms with van der Waals surface area (Å²) in [5.41, 5.74) is 3.21. The molecule has 1 unspecified atom stereocenters. The predicted molar refractivity (Wildman–Crippen MR) is 159 cm³/mol. The molecule has 7 heteroatoms. The zero-order valence-corrected chi connectivity index (χ0v) is 25.0. The van der Waals surface area contributed by atoms with E-state index in [1.807, 2.05) is 59.8 Å². The predicted octanol–water partition coefficient (Wildman–Crippen LogP) is 6.85. The first-order valence-electron chi connectivity index (χ1n) is 14.5. The van der Waals surface area contributed by atoms with Crippen molar-refractivity contribution in [2.24, 2.45) is 17.8 Å². The van der Waals surface area contributed by atoms with Crippen molar-refractivity contribution in [3.05, 3.63) is 71.0 Å². The van der Waals surface area contributed by atoms with E-state index in [0.717, 1.165) is 63.0 Å². The first kappa shape index (κ1) is 28.9. The number of rotatable bonds is 11. The first-order chi connectivity index (χ1) is 18.6. The number of halogens is 3. The Morgan fingerprint density at radius 2 is 1.79 bits per heavy atom. The third-order valence-corrected chi connectivity index (χ3v) is 9.92. The van der Waals surface area contributed by atoms with Gasteiger partial charge in [-0.1, -0.05) is 54.8 Å². The van der Waals surface area contributed by atoms with E-state index in [1.54, 1.807) is 12.1 Å². The number of carbonyl (C=O) groups is 1. The second-order valence-electron chi connectivity index (χ2n) is 12.4. The van der Waals surface area contributed by atoms with Gasteiger partial charge in [0.1, 0.15) is 11.9 Å². The maximum Gasteiger partial charge on any atom is 0.320 e. The second-order valence-corrected chi connectivity index (χ2v) is 14.3. The van der Waals surface area contributed by atoms with Crippen LogP contribution in [0.4, 0.5) is 8.78 Å². The largest absolute Gasteiger partial charge is 0.480 e. The molecule has 1 saturated carbocycles. The summed E-state index contributed by atoms with van der Waals surface area (Å²) < 4.78 is 28.4. The molecule has 39 heavy (non-hydrogen) atoms. The number of benzene rings is 2. The van der Waals surface area contributed by atoms with Crippen molar-refractivity contribution < 1.29 is 18.7 Å². The molecule has 1 N–H and O–H groups in total. The van der Waals surface area contributed by atoms with Gasteiger partial charge in [0.25, 0.3) is 0 Å². The summed E-state index contributed by atoms with van der Waals surface area (Å²) in [7, 11) is 0. The van der Waals surface area contributed by atoms with Gasteiger partial charge in [-0.05, 0) is 109 Å². The van der Waals surface area contributed by atoms with Gasteiger partial charge in [0, 0.05) is 32.0 Å². The van der Waals surface area contributed by atoms with Gasteiger partial charge in [0.2, 0.25) is 0 Å². The lowest BCUT2D eigenvalue weighted by Crippen LogP contribution is -2.42. The van der Waals surface area contributed by atoms with Crippen LogP contribution < -0.4 is 0 Å². The molecular formula is C32H41F2IN2O2. The summed E-state index contributed by atoms with van der Waals surface area (Å²) in [6.07, 6.45) is 5.93. The second kappa shape index (κ2) is 12.5. The Kier molecular flexibility index (Phi) is 9.28. The summed E-state index contributed by atoms with van der Waals surface area (Å²) in [6, 6.07) is 14.5. The molecule has 2 saturated heterocycles. The van der Waals surface area contributed by atoms with Crippen LogP contribution >= 0.6 is 22.6 Å². The molecule has 2 aliphatic heterocycles. The van der Waals surface area contributed by atoms with Crippen LogP contribution in [-0.2, 0) is 11.2 Å². The van der Waals surface area contributed by atoms with Crippen LogP contribution in [0.2, 0.25) is 0 Å². The average Bonchev–Trinajstić information content (AvgIpc) is 3.62. The van der Waals surface area contributed by atoms with E-state index >= 15 is 4.39 Å². The van der Waals surface area contributed by atoms with Gasteiger partial charge in [0.15, 0.2) is 3.68 Å². The number of carboxylic acid groups (broad SMARTS) is 1. The van der Waals surface area contributed by atoms with Crippen molar-refractivity contribution in [3.63, 3.8) is 0 Å². The van der Waals surface area contributed by atoms with Crippen molar-refractivity contribution in [3.8, 4) is 0 Å². The Morgan fingerprint density at radius 1 is 1.08 bits per heavy atom. The minimum absolute atomic E-state index is 0.113. The molecule has 2 aromatic rings. The lowest BCUT2D eigenvalue weighted by atomic mass is 9.86. The Bertz CT molecular complexity index is 1120. The number of likely N-dealkylation sites (tertiary alicyclic amines) is 2. The minimum atomic E-state index is -1.25. The summed E-state index contributed by atoms with van der Waals surface area (Å²) >= 11 is 2.01. The van der Waals surface area contributed by atoms with E-state index in [4.69, 9.17) is 0 Å². The average molecular weight is 651 g/mol. The van der Waals surface area contributed by atoms with Crippen molar-refractivity contribution in [1.29, 1.82) is 0 Å². The number of alkyl halides is 2. The van der Waals surface area contributed by atoms with Gasteiger partial charge in [0.05, 0.1) is 0 Å². The topological polar surface area (TPSA) is 43.8 Å². The zero-order chi connectivity index (χ0) is 27.6. The van der Waals surface area contributed by atoms with E-state index in [1.165, 1.54) is 11.6 Å². The molecule has 5 rings (SSSR count). The Balaban J connectivity index is 1.19. The Labute approximate surface area is 245 Å². The lowest BCUT2D eigenvalue weighted by molar-refractivity contribution is -0.143. The number of hydrogen-bond donors (Lipinski definition) is 1. The van der Waals surface area contributed by atoms with Gasteiger partial charge in [-0.15, -0.1) is 0 Å². The minimum Gasteiger partial charge on any atom is -0.480 e. The highest BCUT2D eigenvalue weighted by atomic mass is 127. The third-order valence-electron chi connectivity index (χ3n) is 9.10. The fourth-order valence-electron chi connectivity index (χ4n) is 6.74. The maximum absolute atomic E-state index is 15.5. The number of carboxylic acids is 1. The zero-order valence-electron chi connectivity index (χ0n) is 22.9. The third kappa shape index (κ3) is 8.00. The summed E-state index contributed by atoms with van der Waals surface area (Å²) in [6.45, 7) is 6.16. The van der Waals surface area contributed by atoms with Gasteiger partial charge in [-0.3, -0.25) is 9.69 Å². The normalized spacial score (nSPS) is 25.4. The number of aryl methyl sites for hydroxylation is 1. The highest BCUT2D eigenvalue weighted by Gasteiger charge is 2.42. The van der Waals surface area contributed by atoms with Crippen LogP contribution in [0.25, 0.3) is 0 Å². The Hall–Kier alpha value is -1.58. The molecule has 0 radical (unpaired) electrons. The molecule has 0 amide bonds. The summed E-state index contributed by atoms with van der Waals surface area (Å²) in [4.78, 5) is 16.8. The molecule has 0 bridgehead atoms. The molecule has 0 spiro atoms. The van der Waals surface area contributed by atoms with Crippen molar-refractivity contribution in [1.82, 2.24) is 9.80 Å². The van der Waals surface area contributed by atoms with E-state index < -0.39 is 15.7 Å². The highest BCUT2D eigenvalue weighted by molar-refractivity contribution is 14.1. The maximum atomic E-state index is 15.5.